The van der Waals surface area contributed by atoms with E-state index in [-0.39, 0.29) is 36.8 Å². The fourth-order valence-electron chi connectivity index (χ4n) is 2.90. The van der Waals surface area contributed by atoms with Gasteiger partial charge in [-0.05, 0) is 25.0 Å². The average Bonchev–Trinajstić information content (AvgIpc) is 2.74. The van der Waals surface area contributed by atoms with Crippen molar-refractivity contribution in [1.82, 2.24) is 4.90 Å². The number of hydrogen-bond donors (Lipinski definition) is 0. The van der Waals surface area contributed by atoms with Crippen LogP contribution in [0.15, 0.2) is 36.4 Å². The highest BCUT2D eigenvalue weighted by atomic mass is 35.5. The van der Waals surface area contributed by atoms with Gasteiger partial charge in [0, 0.05) is 0 Å². The first-order valence-corrected chi connectivity index (χ1v) is 7.44. The van der Waals surface area contributed by atoms with E-state index in [0.717, 1.165) is 0 Å². The van der Waals surface area contributed by atoms with Gasteiger partial charge in [-0.3, -0.25) is 14.5 Å². The second-order valence-electron chi connectivity index (χ2n) is 5.26. The molecule has 110 valence electrons. The van der Waals surface area contributed by atoms with Crippen molar-refractivity contribution < 1.29 is 14.3 Å². The van der Waals surface area contributed by atoms with Crippen LogP contribution in [0.25, 0.3) is 0 Å². The molecule has 1 fully saturated rings. The number of benzene rings is 1. The number of para-hydroxylation sites is 1. The summed E-state index contributed by atoms with van der Waals surface area (Å²) in [5, 5.41) is 0.523. The van der Waals surface area contributed by atoms with Crippen molar-refractivity contribution >= 4 is 23.4 Å². The molecule has 0 spiro atoms. The summed E-state index contributed by atoms with van der Waals surface area (Å²) < 4.78 is 5.56. The Bertz CT molecular complexity index is 573. The molecule has 5 heteroatoms. The lowest BCUT2D eigenvalue weighted by Crippen LogP contribution is -2.34. The van der Waals surface area contributed by atoms with E-state index >= 15 is 0 Å². The van der Waals surface area contributed by atoms with Crippen LogP contribution in [0.1, 0.15) is 12.8 Å². The molecule has 1 aliphatic carbocycles. The Labute approximate surface area is 128 Å². The van der Waals surface area contributed by atoms with Gasteiger partial charge >= 0.3 is 0 Å². The predicted molar refractivity (Wildman–Crippen MR) is 79.0 cm³/mol. The normalized spacial score (nSPS) is 24.3. The Morgan fingerprint density at radius 3 is 2.33 bits per heavy atom. The number of imide groups is 1. The topological polar surface area (TPSA) is 46.6 Å². The van der Waals surface area contributed by atoms with Gasteiger partial charge < -0.3 is 4.74 Å². The van der Waals surface area contributed by atoms with Gasteiger partial charge in [0.25, 0.3) is 0 Å². The van der Waals surface area contributed by atoms with Gasteiger partial charge in [0.05, 0.1) is 23.4 Å². The minimum absolute atomic E-state index is 0.0721. The molecule has 3 rings (SSSR count). The Balaban J connectivity index is 1.60. The standard InChI is InChI=1S/C16H16ClNO3/c17-13-7-3-4-8-14(13)21-10-9-18-15(19)11-5-1-2-6-12(11)16(18)20/h1-4,7-8,11-12H,5-6,9-10H2. The highest BCUT2D eigenvalue weighted by molar-refractivity contribution is 6.32. The molecule has 2 aliphatic rings. The molecule has 2 unspecified atom stereocenters. The maximum Gasteiger partial charge on any atom is 0.233 e. The van der Waals surface area contributed by atoms with E-state index in [1.54, 1.807) is 12.1 Å². The number of carbonyl (C=O) groups is 2. The fourth-order valence-corrected chi connectivity index (χ4v) is 3.09. The first kappa shape index (κ1) is 14.1. The van der Waals surface area contributed by atoms with E-state index in [4.69, 9.17) is 16.3 Å². The largest absolute Gasteiger partial charge is 0.490 e. The Kier molecular flexibility index (Phi) is 3.97. The number of amides is 2. The second-order valence-corrected chi connectivity index (χ2v) is 5.67. The lowest BCUT2D eigenvalue weighted by Gasteiger charge is -2.15. The summed E-state index contributed by atoms with van der Waals surface area (Å²) in [6.07, 6.45) is 5.29. The first-order chi connectivity index (χ1) is 10.2. The number of allylic oxidation sites excluding steroid dienone is 2. The highest BCUT2D eigenvalue weighted by Crippen LogP contribution is 2.34. The number of rotatable bonds is 4. The van der Waals surface area contributed by atoms with Crippen LogP contribution >= 0.6 is 11.6 Å². The van der Waals surface area contributed by atoms with Crippen LogP contribution in [-0.4, -0.2) is 29.9 Å². The van der Waals surface area contributed by atoms with Gasteiger partial charge in [-0.2, -0.15) is 0 Å². The quantitative estimate of drug-likeness (QED) is 0.634. The molecular weight excluding hydrogens is 290 g/mol. The molecular formula is C16H16ClNO3. The third-order valence-electron chi connectivity index (χ3n) is 4.01. The molecule has 0 aromatic heterocycles. The fraction of sp³-hybridized carbons (Fsp3) is 0.375. The number of hydrogen-bond acceptors (Lipinski definition) is 3. The number of likely N-dealkylation sites (tertiary alicyclic amines) is 1. The van der Waals surface area contributed by atoms with Crippen molar-refractivity contribution in [2.45, 2.75) is 12.8 Å². The van der Waals surface area contributed by atoms with Gasteiger partial charge in [0.1, 0.15) is 12.4 Å². The monoisotopic (exact) mass is 305 g/mol. The summed E-state index contributed by atoms with van der Waals surface area (Å²) in [6.45, 7) is 0.532. The molecule has 0 saturated carbocycles. The molecule has 21 heavy (non-hydrogen) atoms. The minimum atomic E-state index is -0.178. The van der Waals surface area contributed by atoms with Crippen molar-refractivity contribution in [1.29, 1.82) is 0 Å². The minimum Gasteiger partial charge on any atom is -0.490 e. The van der Waals surface area contributed by atoms with Gasteiger partial charge in [-0.1, -0.05) is 35.9 Å². The van der Waals surface area contributed by atoms with E-state index in [2.05, 4.69) is 0 Å². The van der Waals surface area contributed by atoms with E-state index in [1.807, 2.05) is 24.3 Å². The van der Waals surface area contributed by atoms with Crippen molar-refractivity contribution in [2.24, 2.45) is 11.8 Å². The van der Waals surface area contributed by atoms with Crippen LogP contribution in [-0.2, 0) is 9.59 Å². The van der Waals surface area contributed by atoms with Crippen LogP contribution in [0, 0.1) is 11.8 Å². The molecule has 1 heterocycles. The summed E-state index contributed by atoms with van der Waals surface area (Å²) in [6, 6.07) is 7.15. The number of carbonyl (C=O) groups excluding carboxylic acids is 2. The zero-order valence-corrected chi connectivity index (χ0v) is 12.3. The molecule has 0 bridgehead atoms. The SMILES string of the molecule is O=C1C2CC=CCC2C(=O)N1CCOc1ccccc1Cl. The highest BCUT2D eigenvalue weighted by Gasteiger charge is 2.46. The van der Waals surface area contributed by atoms with Crippen LogP contribution < -0.4 is 4.74 Å². The van der Waals surface area contributed by atoms with Gasteiger partial charge in [0.15, 0.2) is 0 Å². The number of ether oxygens (including phenoxy) is 1. The zero-order valence-electron chi connectivity index (χ0n) is 11.5. The van der Waals surface area contributed by atoms with Crippen molar-refractivity contribution in [3.05, 3.63) is 41.4 Å². The smallest absolute Gasteiger partial charge is 0.233 e. The van der Waals surface area contributed by atoms with Crippen LogP contribution in [0.5, 0.6) is 5.75 Å². The van der Waals surface area contributed by atoms with Gasteiger partial charge in [0.2, 0.25) is 11.8 Å². The summed E-state index contributed by atoms with van der Waals surface area (Å²) in [5.41, 5.74) is 0. The summed E-state index contributed by atoms with van der Waals surface area (Å²) in [4.78, 5) is 25.8. The summed E-state index contributed by atoms with van der Waals surface area (Å²) in [5.74, 6) is 0.0668. The van der Waals surface area contributed by atoms with E-state index in [0.29, 0.717) is 23.6 Å². The number of nitrogens with zero attached hydrogens (tertiary/aromatic N) is 1. The average molecular weight is 306 g/mol. The molecule has 1 saturated heterocycles. The molecule has 0 N–H and O–H groups in total. The first-order valence-electron chi connectivity index (χ1n) is 7.06. The van der Waals surface area contributed by atoms with E-state index in [9.17, 15) is 9.59 Å². The lowest BCUT2D eigenvalue weighted by molar-refractivity contribution is -0.140. The third kappa shape index (κ3) is 2.68. The molecule has 0 radical (unpaired) electrons. The molecule has 2 amide bonds. The molecule has 1 aliphatic heterocycles. The van der Waals surface area contributed by atoms with Crippen LogP contribution in [0.3, 0.4) is 0 Å². The van der Waals surface area contributed by atoms with Crippen molar-refractivity contribution in [3.63, 3.8) is 0 Å². The number of fused-ring (bicyclic) bond motifs is 1. The maximum absolute atomic E-state index is 12.2. The molecule has 4 nitrogen and oxygen atoms in total. The van der Waals surface area contributed by atoms with E-state index in [1.165, 1.54) is 4.90 Å². The Morgan fingerprint density at radius 2 is 1.71 bits per heavy atom. The lowest BCUT2D eigenvalue weighted by atomic mass is 9.85. The van der Waals surface area contributed by atoms with Gasteiger partial charge in [-0.15, -0.1) is 0 Å². The predicted octanol–water partition coefficient (Wildman–Crippen LogP) is 2.67. The third-order valence-corrected chi connectivity index (χ3v) is 4.32. The van der Waals surface area contributed by atoms with Crippen molar-refractivity contribution in [2.75, 3.05) is 13.2 Å². The molecule has 2 atom stereocenters. The Morgan fingerprint density at radius 1 is 1.10 bits per heavy atom. The number of halogens is 1. The molecule has 1 aromatic carbocycles. The molecule has 1 aromatic rings. The second kappa shape index (κ2) is 5.90. The maximum atomic E-state index is 12.2. The Hall–Kier alpha value is -1.81. The summed E-state index contributed by atoms with van der Waals surface area (Å²) in [7, 11) is 0. The van der Waals surface area contributed by atoms with Crippen molar-refractivity contribution in [3.8, 4) is 5.75 Å². The van der Waals surface area contributed by atoms with Crippen LogP contribution in [0.4, 0.5) is 0 Å². The van der Waals surface area contributed by atoms with Crippen LogP contribution in [0.2, 0.25) is 5.02 Å². The zero-order chi connectivity index (χ0) is 14.8. The summed E-state index contributed by atoms with van der Waals surface area (Å²) >= 11 is 6.00. The van der Waals surface area contributed by atoms with Gasteiger partial charge in [-0.25, -0.2) is 0 Å². The van der Waals surface area contributed by atoms with E-state index < -0.39 is 0 Å².